The normalized spacial score (nSPS) is 18.0. The topological polar surface area (TPSA) is 59.4 Å². The Morgan fingerprint density at radius 1 is 1.09 bits per heavy atom. The molecule has 1 amide bonds. The number of hydrogen-bond donors (Lipinski definition) is 1. The van der Waals surface area contributed by atoms with Gasteiger partial charge in [-0.15, -0.1) is 0 Å². The van der Waals surface area contributed by atoms with Gasteiger partial charge in [-0.2, -0.15) is 5.10 Å². The van der Waals surface area contributed by atoms with E-state index >= 15 is 0 Å². The Kier molecular flexibility index (Phi) is 3.31. The minimum absolute atomic E-state index is 0.272. The van der Waals surface area contributed by atoms with Crippen LogP contribution < -0.4 is 10.2 Å². The van der Waals surface area contributed by atoms with E-state index in [0.717, 1.165) is 37.3 Å². The molecule has 114 valence electrons. The molecule has 0 unspecified atom stereocenters. The number of benzene rings is 1. The van der Waals surface area contributed by atoms with Crippen LogP contribution in [0.1, 0.15) is 11.3 Å². The lowest BCUT2D eigenvalue weighted by Crippen LogP contribution is -2.23. The molecular weight excluding hydrogens is 280 g/mol. The van der Waals surface area contributed by atoms with Gasteiger partial charge in [0.15, 0.2) is 0 Å². The second-order valence-electron chi connectivity index (χ2n) is 5.58. The molecule has 0 aliphatic carbocycles. The standard InChI is InChI=1S/C16H18N4O2/c21-16-19(9-10-22-16)13-1-3-14(4-2-13)20-11-12-5-7-17-8-6-15(12)18-20/h1-4,11,17H,5-10H2. The fourth-order valence-corrected chi connectivity index (χ4v) is 2.97. The molecule has 1 aromatic heterocycles. The van der Waals surface area contributed by atoms with Gasteiger partial charge in [-0.05, 0) is 42.8 Å². The van der Waals surface area contributed by atoms with Gasteiger partial charge in [0.25, 0.3) is 0 Å². The van der Waals surface area contributed by atoms with Crippen molar-refractivity contribution in [2.45, 2.75) is 12.8 Å². The summed E-state index contributed by atoms with van der Waals surface area (Å²) in [5, 5.41) is 8.08. The third kappa shape index (κ3) is 2.35. The van der Waals surface area contributed by atoms with Crippen LogP contribution >= 0.6 is 0 Å². The second-order valence-corrected chi connectivity index (χ2v) is 5.58. The SMILES string of the molecule is O=C1OCCN1c1ccc(-n2cc3c(n2)CCNCC3)cc1. The molecule has 2 aromatic rings. The van der Waals surface area contributed by atoms with Crippen LogP contribution in [0.3, 0.4) is 0 Å². The number of rotatable bonds is 2. The quantitative estimate of drug-likeness (QED) is 0.913. The highest BCUT2D eigenvalue weighted by molar-refractivity contribution is 5.89. The zero-order valence-electron chi connectivity index (χ0n) is 12.3. The average Bonchev–Trinajstić information content (AvgIpc) is 3.08. The van der Waals surface area contributed by atoms with Gasteiger partial charge in [-0.1, -0.05) is 0 Å². The van der Waals surface area contributed by atoms with E-state index in [9.17, 15) is 4.79 Å². The number of amides is 1. The van der Waals surface area contributed by atoms with E-state index in [2.05, 4.69) is 11.5 Å². The number of fused-ring (bicyclic) bond motifs is 1. The third-order valence-corrected chi connectivity index (χ3v) is 4.17. The first kappa shape index (κ1) is 13.3. The molecule has 1 fully saturated rings. The molecule has 0 radical (unpaired) electrons. The molecule has 22 heavy (non-hydrogen) atoms. The average molecular weight is 298 g/mol. The smallest absolute Gasteiger partial charge is 0.414 e. The fraction of sp³-hybridized carbons (Fsp3) is 0.375. The van der Waals surface area contributed by atoms with E-state index in [1.807, 2.05) is 28.9 Å². The summed E-state index contributed by atoms with van der Waals surface area (Å²) < 4.78 is 6.90. The van der Waals surface area contributed by atoms with Crippen LogP contribution in [0.5, 0.6) is 0 Å². The van der Waals surface area contributed by atoms with Crippen molar-refractivity contribution >= 4 is 11.8 Å². The molecule has 0 atom stereocenters. The van der Waals surface area contributed by atoms with Gasteiger partial charge in [0.1, 0.15) is 6.61 Å². The van der Waals surface area contributed by atoms with E-state index in [1.165, 1.54) is 11.3 Å². The maximum Gasteiger partial charge on any atom is 0.414 e. The first-order valence-electron chi connectivity index (χ1n) is 7.64. The Morgan fingerprint density at radius 3 is 2.64 bits per heavy atom. The largest absolute Gasteiger partial charge is 0.447 e. The number of cyclic esters (lactones) is 1. The predicted molar refractivity (Wildman–Crippen MR) is 82.5 cm³/mol. The Hall–Kier alpha value is -2.34. The van der Waals surface area contributed by atoms with Gasteiger partial charge < -0.3 is 10.1 Å². The molecular formula is C16H18N4O2. The van der Waals surface area contributed by atoms with Gasteiger partial charge >= 0.3 is 6.09 Å². The number of nitrogens with one attached hydrogen (secondary N) is 1. The fourth-order valence-electron chi connectivity index (χ4n) is 2.97. The zero-order chi connectivity index (χ0) is 14.9. The maximum absolute atomic E-state index is 11.6. The molecule has 0 bridgehead atoms. The van der Waals surface area contributed by atoms with E-state index in [1.54, 1.807) is 4.90 Å². The molecule has 2 aliphatic heterocycles. The summed E-state index contributed by atoms with van der Waals surface area (Å²) >= 11 is 0. The second kappa shape index (κ2) is 5.46. The summed E-state index contributed by atoms with van der Waals surface area (Å²) in [6.45, 7) is 3.07. The first-order valence-corrected chi connectivity index (χ1v) is 7.64. The number of anilines is 1. The minimum Gasteiger partial charge on any atom is -0.447 e. The van der Waals surface area contributed by atoms with E-state index in [4.69, 9.17) is 9.84 Å². The van der Waals surface area contributed by atoms with E-state index < -0.39 is 0 Å². The number of nitrogens with zero attached hydrogens (tertiary/aromatic N) is 3. The van der Waals surface area contributed by atoms with Gasteiger partial charge in [-0.3, -0.25) is 4.90 Å². The summed E-state index contributed by atoms with van der Waals surface area (Å²) in [5.74, 6) is 0. The highest BCUT2D eigenvalue weighted by Crippen LogP contribution is 2.21. The number of carbonyl (C=O) groups is 1. The van der Waals surface area contributed by atoms with Gasteiger partial charge in [0.05, 0.1) is 17.9 Å². The van der Waals surface area contributed by atoms with Crippen molar-refractivity contribution in [3.63, 3.8) is 0 Å². The van der Waals surface area contributed by atoms with Crippen molar-refractivity contribution in [2.75, 3.05) is 31.1 Å². The Labute approximate surface area is 128 Å². The molecule has 4 rings (SSSR count). The number of aromatic nitrogens is 2. The minimum atomic E-state index is -0.272. The van der Waals surface area contributed by atoms with Crippen LogP contribution in [0.25, 0.3) is 5.69 Å². The molecule has 1 aromatic carbocycles. The maximum atomic E-state index is 11.6. The van der Waals surface area contributed by atoms with E-state index in [0.29, 0.717) is 13.2 Å². The van der Waals surface area contributed by atoms with Crippen molar-refractivity contribution < 1.29 is 9.53 Å². The number of hydrogen-bond acceptors (Lipinski definition) is 4. The van der Waals surface area contributed by atoms with Gasteiger partial charge in [0.2, 0.25) is 0 Å². The first-order chi connectivity index (χ1) is 10.8. The van der Waals surface area contributed by atoms with Crippen molar-refractivity contribution in [3.05, 3.63) is 41.7 Å². The van der Waals surface area contributed by atoms with Crippen LogP contribution in [0.4, 0.5) is 10.5 Å². The Morgan fingerprint density at radius 2 is 1.86 bits per heavy atom. The van der Waals surface area contributed by atoms with E-state index in [-0.39, 0.29) is 6.09 Å². The van der Waals surface area contributed by atoms with Crippen molar-refractivity contribution in [2.24, 2.45) is 0 Å². The summed E-state index contributed by atoms with van der Waals surface area (Å²) in [4.78, 5) is 13.2. The van der Waals surface area contributed by atoms with Crippen molar-refractivity contribution in [1.29, 1.82) is 0 Å². The number of carbonyl (C=O) groups excluding carboxylic acids is 1. The zero-order valence-corrected chi connectivity index (χ0v) is 12.3. The summed E-state index contributed by atoms with van der Waals surface area (Å²) in [6.07, 6.45) is 3.83. The lowest BCUT2D eigenvalue weighted by molar-refractivity contribution is 0.181. The molecule has 6 nitrogen and oxygen atoms in total. The van der Waals surface area contributed by atoms with Crippen LogP contribution in [-0.2, 0) is 17.6 Å². The molecule has 1 N–H and O–H groups in total. The van der Waals surface area contributed by atoms with Gasteiger partial charge in [-0.25, -0.2) is 9.48 Å². The molecule has 6 heteroatoms. The predicted octanol–water partition coefficient (Wildman–Crippen LogP) is 1.52. The monoisotopic (exact) mass is 298 g/mol. The van der Waals surface area contributed by atoms with Crippen LogP contribution in [-0.4, -0.2) is 42.1 Å². The third-order valence-electron chi connectivity index (χ3n) is 4.17. The highest BCUT2D eigenvalue weighted by atomic mass is 16.6. The van der Waals surface area contributed by atoms with Crippen molar-refractivity contribution in [1.82, 2.24) is 15.1 Å². The summed E-state index contributed by atoms with van der Waals surface area (Å²) in [6, 6.07) is 7.86. The Balaban J connectivity index is 1.59. The lowest BCUT2D eigenvalue weighted by atomic mass is 10.2. The van der Waals surface area contributed by atoms with Gasteiger partial charge in [0, 0.05) is 24.8 Å². The van der Waals surface area contributed by atoms with Crippen LogP contribution in [0.2, 0.25) is 0 Å². The highest BCUT2D eigenvalue weighted by Gasteiger charge is 2.23. The van der Waals surface area contributed by atoms with Crippen molar-refractivity contribution in [3.8, 4) is 5.69 Å². The number of ether oxygens (including phenoxy) is 1. The Bertz CT molecular complexity index is 669. The molecule has 2 aliphatic rings. The molecule has 1 saturated heterocycles. The lowest BCUT2D eigenvalue weighted by Gasteiger charge is -2.13. The van der Waals surface area contributed by atoms with Crippen LogP contribution in [0, 0.1) is 0 Å². The molecule has 0 spiro atoms. The summed E-state index contributed by atoms with van der Waals surface area (Å²) in [5.41, 5.74) is 4.37. The summed E-state index contributed by atoms with van der Waals surface area (Å²) in [7, 11) is 0. The van der Waals surface area contributed by atoms with Crippen LogP contribution in [0.15, 0.2) is 30.5 Å². The molecule has 3 heterocycles. The molecule has 0 saturated carbocycles.